The molecule has 1 heterocycles. The van der Waals surface area contributed by atoms with E-state index in [4.69, 9.17) is 18.0 Å². The smallest absolute Gasteiger partial charge is 0.140 e. The van der Waals surface area contributed by atoms with Crippen molar-refractivity contribution in [3.05, 3.63) is 58.2 Å². The maximum Gasteiger partial charge on any atom is 0.140 e. The number of nitrogens with two attached hydrogens (primary N) is 1. The zero-order valence-electron chi connectivity index (χ0n) is 11.0. The zero-order valence-corrected chi connectivity index (χ0v) is 14.2. The second-order valence-electron chi connectivity index (χ2n) is 4.55. The lowest BCUT2D eigenvalue weighted by molar-refractivity contribution is 0.602. The first-order chi connectivity index (χ1) is 10.5. The molecule has 3 rings (SSSR count). The lowest BCUT2D eigenvalue weighted by Gasteiger charge is -2.09. The Bertz CT molecular complexity index is 893. The summed E-state index contributed by atoms with van der Waals surface area (Å²) in [5, 5.41) is 0.876. The number of H-pyrrole nitrogens is 1. The van der Waals surface area contributed by atoms with Gasteiger partial charge in [-0.05, 0) is 46.3 Å². The van der Waals surface area contributed by atoms with Gasteiger partial charge in [0.05, 0.1) is 4.90 Å². The van der Waals surface area contributed by atoms with E-state index in [-0.39, 0.29) is 16.4 Å². The van der Waals surface area contributed by atoms with Crippen LogP contribution in [0.4, 0.5) is 8.78 Å². The van der Waals surface area contributed by atoms with Gasteiger partial charge in [0.15, 0.2) is 0 Å². The second kappa shape index (κ2) is 5.98. The van der Waals surface area contributed by atoms with Crippen LogP contribution in [0.25, 0.3) is 10.9 Å². The van der Waals surface area contributed by atoms with Gasteiger partial charge in [-0.1, -0.05) is 24.0 Å². The number of aromatic nitrogens is 1. The molecule has 2 nitrogen and oxygen atoms in total. The summed E-state index contributed by atoms with van der Waals surface area (Å²) in [6, 6.07) is 7.65. The highest BCUT2D eigenvalue weighted by Crippen LogP contribution is 2.40. The number of hydrogen-bond donors (Lipinski definition) is 2. The normalized spacial score (nSPS) is 11.0. The number of thiocarbonyl (C=S) groups is 1. The molecule has 112 valence electrons. The van der Waals surface area contributed by atoms with Crippen molar-refractivity contribution >= 4 is 55.8 Å². The van der Waals surface area contributed by atoms with Gasteiger partial charge in [0.25, 0.3) is 0 Å². The molecule has 0 spiro atoms. The SMILES string of the molecule is NC(=S)c1cc(Sc2c(F)cc3[nH]ccc3c2Br)ccc1F. The van der Waals surface area contributed by atoms with E-state index in [9.17, 15) is 8.78 Å². The van der Waals surface area contributed by atoms with Crippen LogP contribution in [0.3, 0.4) is 0 Å². The van der Waals surface area contributed by atoms with Crippen molar-refractivity contribution < 1.29 is 8.78 Å². The highest BCUT2D eigenvalue weighted by Gasteiger charge is 2.15. The molecule has 7 heteroatoms. The van der Waals surface area contributed by atoms with E-state index in [1.54, 1.807) is 12.3 Å². The van der Waals surface area contributed by atoms with E-state index in [0.29, 0.717) is 19.8 Å². The van der Waals surface area contributed by atoms with Crippen molar-refractivity contribution in [1.29, 1.82) is 0 Å². The number of fused-ring (bicyclic) bond motifs is 1. The number of hydrogen-bond acceptors (Lipinski definition) is 2. The molecule has 0 aliphatic rings. The third-order valence-corrected chi connectivity index (χ3v) is 5.52. The Morgan fingerprint density at radius 1 is 1.18 bits per heavy atom. The molecule has 0 amide bonds. The van der Waals surface area contributed by atoms with Gasteiger partial charge in [0.1, 0.15) is 16.6 Å². The lowest BCUT2D eigenvalue weighted by atomic mass is 10.2. The summed E-state index contributed by atoms with van der Waals surface area (Å²) in [5.41, 5.74) is 6.35. The number of rotatable bonds is 3. The first-order valence-electron chi connectivity index (χ1n) is 6.19. The van der Waals surface area contributed by atoms with Gasteiger partial charge in [-0.3, -0.25) is 0 Å². The van der Waals surface area contributed by atoms with E-state index in [1.165, 1.54) is 30.0 Å². The summed E-state index contributed by atoms with van der Waals surface area (Å²) in [5.74, 6) is -0.856. The number of halogens is 3. The fourth-order valence-corrected chi connectivity index (χ4v) is 3.92. The number of aromatic amines is 1. The molecule has 0 aliphatic carbocycles. The van der Waals surface area contributed by atoms with Crippen LogP contribution in [0, 0.1) is 11.6 Å². The highest BCUT2D eigenvalue weighted by molar-refractivity contribution is 9.10. The predicted molar refractivity (Wildman–Crippen MR) is 92.4 cm³/mol. The number of benzene rings is 2. The molecule has 0 saturated heterocycles. The predicted octanol–water partition coefficient (Wildman–Crippen LogP) is 4.99. The van der Waals surface area contributed by atoms with Crippen molar-refractivity contribution in [2.75, 3.05) is 0 Å². The van der Waals surface area contributed by atoms with Crippen LogP contribution in [0.2, 0.25) is 0 Å². The van der Waals surface area contributed by atoms with Crippen LogP contribution in [0.5, 0.6) is 0 Å². The highest BCUT2D eigenvalue weighted by atomic mass is 79.9. The zero-order chi connectivity index (χ0) is 15.9. The summed E-state index contributed by atoms with van der Waals surface area (Å²) in [6.07, 6.45) is 1.74. The maximum absolute atomic E-state index is 14.3. The molecule has 22 heavy (non-hydrogen) atoms. The van der Waals surface area contributed by atoms with Gasteiger partial charge < -0.3 is 10.7 Å². The minimum atomic E-state index is -0.488. The van der Waals surface area contributed by atoms with E-state index < -0.39 is 5.82 Å². The topological polar surface area (TPSA) is 41.8 Å². The van der Waals surface area contributed by atoms with Crippen LogP contribution in [-0.2, 0) is 0 Å². The molecule has 0 atom stereocenters. The second-order valence-corrected chi connectivity index (χ2v) is 6.86. The van der Waals surface area contributed by atoms with Crippen molar-refractivity contribution in [1.82, 2.24) is 4.98 Å². The molecule has 0 radical (unpaired) electrons. The van der Waals surface area contributed by atoms with Crippen LogP contribution >= 0.6 is 39.9 Å². The van der Waals surface area contributed by atoms with Gasteiger partial charge >= 0.3 is 0 Å². The van der Waals surface area contributed by atoms with Crippen molar-refractivity contribution in [3.8, 4) is 0 Å². The summed E-state index contributed by atoms with van der Waals surface area (Å²) in [6.45, 7) is 0. The van der Waals surface area contributed by atoms with Crippen LogP contribution in [-0.4, -0.2) is 9.97 Å². The molecule has 1 aromatic heterocycles. The van der Waals surface area contributed by atoms with Crippen LogP contribution < -0.4 is 5.73 Å². The van der Waals surface area contributed by atoms with Gasteiger partial charge in [0, 0.05) is 32.0 Å². The van der Waals surface area contributed by atoms with Crippen molar-refractivity contribution in [2.24, 2.45) is 5.73 Å². The van der Waals surface area contributed by atoms with E-state index in [1.807, 2.05) is 6.07 Å². The first kappa shape index (κ1) is 15.5. The fraction of sp³-hybridized carbons (Fsp3) is 0. The van der Waals surface area contributed by atoms with Gasteiger partial charge in [-0.2, -0.15) is 0 Å². The minimum Gasteiger partial charge on any atom is -0.389 e. The Balaban J connectivity index is 2.06. The Morgan fingerprint density at radius 3 is 2.68 bits per heavy atom. The molecule has 3 N–H and O–H groups in total. The Kier molecular flexibility index (Phi) is 4.20. The molecule has 2 aromatic carbocycles. The Hall–Kier alpha value is -1.44. The van der Waals surface area contributed by atoms with E-state index >= 15 is 0 Å². The third-order valence-electron chi connectivity index (χ3n) is 3.13. The largest absolute Gasteiger partial charge is 0.389 e. The van der Waals surface area contributed by atoms with Crippen LogP contribution in [0.15, 0.2) is 50.8 Å². The summed E-state index contributed by atoms with van der Waals surface area (Å²) >= 11 is 9.43. The Labute approximate surface area is 143 Å². The Morgan fingerprint density at radius 2 is 1.95 bits per heavy atom. The molecule has 0 fully saturated rings. The summed E-state index contributed by atoms with van der Waals surface area (Å²) < 4.78 is 28.6. The molecule has 0 saturated carbocycles. The van der Waals surface area contributed by atoms with Gasteiger partial charge in [-0.15, -0.1) is 0 Å². The third kappa shape index (κ3) is 2.76. The fourth-order valence-electron chi connectivity index (χ4n) is 2.08. The average molecular weight is 399 g/mol. The van der Waals surface area contributed by atoms with Gasteiger partial charge in [-0.25, -0.2) is 8.78 Å². The quantitative estimate of drug-likeness (QED) is 0.610. The van der Waals surface area contributed by atoms with Crippen molar-refractivity contribution in [2.45, 2.75) is 9.79 Å². The average Bonchev–Trinajstić information content (AvgIpc) is 2.93. The molecule has 0 bridgehead atoms. The number of nitrogens with one attached hydrogen (secondary N) is 1. The monoisotopic (exact) mass is 398 g/mol. The summed E-state index contributed by atoms with van der Waals surface area (Å²) in [7, 11) is 0. The minimum absolute atomic E-state index is 0.0272. The van der Waals surface area contributed by atoms with E-state index in [2.05, 4.69) is 20.9 Å². The maximum atomic E-state index is 14.3. The van der Waals surface area contributed by atoms with E-state index in [0.717, 1.165) is 5.39 Å². The standard InChI is InChI=1S/C15H9BrF2N2S2/c16-13-8-3-4-20-12(8)6-11(18)14(13)22-7-1-2-10(17)9(5-7)15(19)21/h1-6,20H,(H2,19,21). The van der Waals surface area contributed by atoms with Crippen molar-refractivity contribution in [3.63, 3.8) is 0 Å². The van der Waals surface area contributed by atoms with Crippen LogP contribution in [0.1, 0.15) is 5.56 Å². The molecule has 3 aromatic rings. The first-order valence-corrected chi connectivity index (χ1v) is 8.21. The molecule has 0 unspecified atom stereocenters. The molecular weight excluding hydrogens is 390 g/mol. The molecular formula is C15H9BrF2N2S2. The summed E-state index contributed by atoms with van der Waals surface area (Å²) in [4.78, 5) is 4.01. The lowest BCUT2D eigenvalue weighted by Crippen LogP contribution is -2.11. The van der Waals surface area contributed by atoms with Gasteiger partial charge in [0.2, 0.25) is 0 Å². The molecule has 0 aliphatic heterocycles.